The van der Waals surface area contributed by atoms with Gasteiger partial charge in [-0.25, -0.2) is 4.98 Å². The molecule has 1 aromatic carbocycles. The Balaban J connectivity index is 1.59. The number of nitrogen functional groups attached to an aromatic ring is 1. The van der Waals surface area contributed by atoms with E-state index in [9.17, 15) is 4.79 Å². The van der Waals surface area contributed by atoms with Gasteiger partial charge in [0, 0.05) is 36.1 Å². The first-order valence-corrected chi connectivity index (χ1v) is 10.1. The van der Waals surface area contributed by atoms with Crippen LogP contribution in [0.1, 0.15) is 34.6 Å². The van der Waals surface area contributed by atoms with Crippen molar-refractivity contribution in [2.75, 3.05) is 25.9 Å². The molecule has 28 heavy (non-hydrogen) atoms. The van der Waals surface area contributed by atoms with Gasteiger partial charge in [0.25, 0.3) is 5.91 Å². The smallest absolute Gasteiger partial charge is 0.272 e. The molecule has 2 N–H and O–H groups in total. The molecule has 0 aliphatic carbocycles. The fourth-order valence-electron chi connectivity index (χ4n) is 3.87. The fraction of sp³-hybridized carbons (Fsp3) is 0.286. The number of nitrogens with zero attached hydrogens (tertiary/aromatic N) is 3. The zero-order chi connectivity index (χ0) is 19.6. The van der Waals surface area contributed by atoms with Gasteiger partial charge in [0.05, 0.1) is 12.8 Å². The number of ether oxygens (including phenoxy) is 1. The Hall–Kier alpha value is -2.93. The highest BCUT2D eigenvalue weighted by atomic mass is 32.1. The van der Waals surface area contributed by atoms with Crippen molar-refractivity contribution in [2.45, 2.75) is 18.3 Å². The Kier molecular flexibility index (Phi) is 5.00. The molecule has 3 aromatic rings. The van der Waals surface area contributed by atoms with Crippen LogP contribution >= 0.6 is 11.3 Å². The number of likely N-dealkylation sites (tertiary alicyclic amines) is 1. The molecule has 0 spiro atoms. The Morgan fingerprint density at radius 1 is 1.21 bits per heavy atom. The van der Waals surface area contributed by atoms with Crippen LogP contribution in [0.4, 0.5) is 5.13 Å². The van der Waals surface area contributed by atoms with E-state index >= 15 is 0 Å². The van der Waals surface area contributed by atoms with Crippen molar-refractivity contribution in [1.82, 2.24) is 14.9 Å². The summed E-state index contributed by atoms with van der Waals surface area (Å²) in [5, 5.41) is 2.62. The number of methoxy groups -OCH3 is 1. The number of hydrogen-bond acceptors (Lipinski definition) is 6. The molecule has 1 aliphatic heterocycles. The van der Waals surface area contributed by atoms with Crippen molar-refractivity contribution in [1.29, 1.82) is 0 Å². The molecule has 0 radical (unpaired) electrons. The molecule has 144 valence electrons. The lowest BCUT2D eigenvalue weighted by Crippen LogP contribution is -2.46. The van der Waals surface area contributed by atoms with E-state index in [1.165, 1.54) is 16.9 Å². The summed E-state index contributed by atoms with van der Waals surface area (Å²) in [7, 11) is 1.58. The molecular weight excluding hydrogens is 372 g/mol. The molecule has 0 bridgehead atoms. The maximum absolute atomic E-state index is 12.9. The van der Waals surface area contributed by atoms with Gasteiger partial charge in [-0.2, -0.15) is 0 Å². The Morgan fingerprint density at radius 2 is 1.96 bits per heavy atom. The van der Waals surface area contributed by atoms with Crippen LogP contribution < -0.4 is 10.5 Å². The highest BCUT2D eigenvalue weighted by Crippen LogP contribution is 2.42. The number of hydrogen-bond donors (Lipinski definition) is 1. The lowest BCUT2D eigenvalue weighted by atomic mass is 9.70. The number of carbonyl (C=O) groups is 1. The Labute approximate surface area is 168 Å². The number of aromatic nitrogens is 2. The monoisotopic (exact) mass is 394 g/mol. The molecule has 2 aromatic heterocycles. The number of carbonyl (C=O) groups excluding carboxylic acids is 1. The summed E-state index contributed by atoms with van der Waals surface area (Å²) in [6.45, 7) is 1.26. The SMILES string of the molecule is COc1ccnc(C(=O)N2CCC(c3ccccc3)(c3csc(N)n3)CC2)c1. The van der Waals surface area contributed by atoms with E-state index in [4.69, 9.17) is 10.5 Å². The average molecular weight is 395 g/mol. The maximum Gasteiger partial charge on any atom is 0.272 e. The first-order chi connectivity index (χ1) is 13.6. The van der Waals surface area contributed by atoms with E-state index in [0.29, 0.717) is 29.7 Å². The summed E-state index contributed by atoms with van der Waals surface area (Å²) in [5.74, 6) is 0.560. The highest BCUT2D eigenvalue weighted by molar-refractivity contribution is 7.13. The van der Waals surface area contributed by atoms with Gasteiger partial charge < -0.3 is 15.4 Å². The third-order valence-electron chi connectivity index (χ3n) is 5.43. The zero-order valence-corrected chi connectivity index (χ0v) is 16.5. The van der Waals surface area contributed by atoms with Gasteiger partial charge in [-0.1, -0.05) is 30.3 Å². The standard InChI is InChI=1S/C21H22N4O2S/c1-27-16-7-10-23-17(13-16)19(26)25-11-8-21(9-12-25,15-5-3-2-4-6-15)18-14-28-20(22)24-18/h2-7,10,13-14H,8-9,11-12H2,1H3,(H2,22,24). The van der Waals surface area contributed by atoms with Crippen LogP contribution in [-0.4, -0.2) is 41.0 Å². The van der Waals surface area contributed by atoms with E-state index < -0.39 is 0 Å². The van der Waals surface area contributed by atoms with Crippen LogP contribution in [0, 0.1) is 0 Å². The third kappa shape index (κ3) is 3.33. The van der Waals surface area contributed by atoms with Crippen LogP contribution in [0.3, 0.4) is 0 Å². The van der Waals surface area contributed by atoms with E-state index in [2.05, 4.69) is 22.1 Å². The van der Waals surface area contributed by atoms with Crippen molar-refractivity contribution < 1.29 is 9.53 Å². The van der Waals surface area contributed by atoms with E-state index in [-0.39, 0.29) is 11.3 Å². The average Bonchev–Trinajstić information content (AvgIpc) is 3.21. The van der Waals surface area contributed by atoms with Gasteiger partial charge >= 0.3 is 0 Å². The van der Waals surface area contributed by atoms with Gasteiger partial charge in [0.15, 0.2) is 5.13 Å². The minimum atomic E-state index is -0.228. The van der Waals surface area contributed by atoms with Crippen molar-refractivity contribution in [3.05, 3.63) is 71.0 Å². The summed E-state index contributed by atoms with van der Waals surface area (Å²) in [6, 6.07) is 13.8. The van der Waals surface area contributed by atoms with Crippen LogP contribution in [0.5, 0.6) is 5.75 Å². The second-order valence-corrected chi connectivity index (χ2v) is 7.78. The first-order valence-electron chi connectivity index (χ1n) is 9.19. The van der Waals surface area contributed by atoms with Crippen LogP contribution in [-0.2, 0) is 5.41 Å². The zero-order valence-electron chi connectivity index (χ0n) is 15.7. The molecule has 1 saturated heterocycles. The molecule has 0 saturated carbocycles. The Bertz CT molecular complexity index is 965. The summed E-state index contributed by atoms with van der Waals surface area (Å²) in [5.41, 5.74) is 8.31. The van der Waals surface area contributed by atoms with Crippen molar-refractivity contribution >= 4 is 22.4 Å². The summed E-state index contributed by atoms with van der Waals surface area (Å²) in [6.07, 6.45) is 3.17. The normalized spacial score (nSPS) is 16.0. The number of anilines is 1. The number of nitrogens with two attached hydrogens (primary N) is 1. The minimum Gasteiger partial charge on any atom is -0.497 e. The van der Waals surface area contributed by atoms with Crippen LogP contribution in [0.25, 0.3) is 0 Å². The molecule has 0 atom stereocenters. The molecule has 1 amide bonds. The lowest BCUT2D eigenvalue weighted by Gasteiger charge is -2.41. The number of benzene rings is 1. The summed E-state index contributed by atoms with van der Waals surface area (Å²) < 4.78 is 5.21. The second kappa shape index (κ2) is 7.59. The number of thiazole rings is 1. The number of piperidine rings is 1. The maximum atomic E-state index is 12.9. The third-order valence-corrected chi connectivity index (χ3v) is 6.10. The van der Waals surface area contributed by atoms with Gasteiger partial charge in [-0.3, -0.25) is 9.78 Å². The summed E-state index contributed by atoms with van der Waals surface area (Å²) >= 11 is 1.46. The van der Waals surface area contributed by atoms with Gasteiger partial charge in [0.1, 0.15) is 11.4 Å². The minimum absolute atomic E-state index is 0.0710. The lowest BCUT2D eigenvalue weighted by molar-refractivity contribution is 0.0678. The molecule has 4 rings (SSSR count). The van der Waals surface area contributed by atoms with Gasteiger partial charge in [0.2, 0.25) is 0 Å². The molecular formula is C21H22N4O2S. The quantitative estimate of drug-likeness (QED) is 0.734. The first kappa shape index (κ1) is 18.4. The molecule has 6 nitrogen and oxygen atoms in total. The number of pyridine rings is 1. The molecule has 7 heteroatoms. The predicted octanol–water partition coefficient (Wildman–Crippen LogP) is 3.35. The number of rotatable bonds is 4. The molecule has 1 aliphatic rings. The topological polar surface area (TPSA) is 81.3 Å². The van der Waals surface area contributed by atoms with E-state index in [0.717, 1.165) is 18.5 Å². The van der Waals surface area contributed by atoms with E-state index in [1.807, 2.05) is 28.5 Å². The van der Waals surface area contributed by atoms with Crippen molar-refractivity contribution in [2.24, 2.45) is 0 Å². The molecule has 0 unspecified atom stereocenters. The van der Waals surface area contributed by atoms with E-state index in [1.54, 1.807) is 25.4 Å². The molecule has 3 heterocycles. The van der Waals surface area contributed by atoms with Crippen LogP contribution in [0.15, 0.2) is 54.0 Å². The second-order valence-electron chi connectivity index (χ2n) is 6.89. The summed E-state index contributed by atoms with van der Waals surface area (Å²) in [4.78, 5) is 23.6. The number of amides is 1. The predicted molar refractivity (Wildman–Crippen MR) is 110 cm³/mol. The highest BCUT2D eigenvalue weighted by Gasteiger charge is 2.41. The van der Waals surface area contributed by atoms with Crippen molar-refractivity contribution in [3.63, 3.8) is 0 Å². The van der Waals surface area contributed by atoms with Gasteiger partial charge in [-0.15, -0.1) is 11.3 Å². The Morgan fingerprint density at radius 3 is 2.61 bits per heavy atom. The van der Waals surface area contributed by atoms with Gasteiger partial charge in [-0.05, 0) is 24.5 Å². The van der Waals surface area contributed by atoms with Crippen molar-refractivity contribution in [3.8, 4) is 5.75 Å². The largest absolute Gasteiger partial charge is 0.497 e. The fourth-order valence-corrected chi connectivity index (χ4v) is 4.53. The van der Waals surface area contributed by atoms with Crippen LogP contribution in [0.2, 0.25) is 0 Å². The molecule has 1 fully saturated rings.